The number of unbranched alkanes of at least 4 members (excludes halogenated alkanes) is 1. The minimum Gasteiger partial charge on any atom is -0.480 e. The van der Waals surface area contributed by atoms with E-state index in [1.807, 2.05) is 13.8 Å². The molecule has 0 rings (SSSR count). The van der Waals surface area contributed by atoms with Gasteiger partial charge in [0.15, 0.2) is 0 Å². The molecule has 8 amide bonds. The maximum absolute atomic E-state index is 13.9. The summed E-state index contributed by atoms with van der Waals surface area (Å²) in [5.74, 6) is -6.83. The van der Waals surface area contributed by atoms with Gasteiger partial charge in [0.2, 0.25) is 35.4 Å². The van der Waals surface area contributed by atoms with E-state index in [1.54, 1.807) is 69.2 Å². The Kier molecular flexibility index (Phi) is 23.8. The lowest BCUT2D eigenvalue weighted by Gasteiger charge is -2.30. The summed E-state index contributed by atoms with van der Waals surface area (Å²) in [5.41, 5.74) is -1.34. The summed E-state index contributed by atoms with van der Waals surface area (Å²) in [6.07, 6.45) is -0.337. The van der Waals surface area contributed by atoms with E-state index < -0.39 is 119 Å². The van der Waals surface area contributed by atoms with E-state index in [0.717, 1.165) is 0 Å². The molecule has 0 unspecified atom stereocenters. The Hall–Kier alpha value is -5.43. The molecule has 0 aromatic carbocycles. The molecule has 0 saturated carbocycles. The van der Waals surface area contributed by atoms with Crippen molar-refractivity contribution in [2.75, 3.05) is 13.1 Å². The molecule has 62 heavy (non-hydrogen) atoms. The molecule has 20 heteroatoms. The predicted octanol–water partition coefficient (Wildman–Crippen LogP) is 2.15. The Bertz CT molecular complexity index is 1590. The van der Waals surface area contributed by atoms with Crippen molar-refractivity contribution < 1.29 is 57.7 Å². The average Bonchev–Trinajstić information content (AvgIpc) is 3.10. The smallest absolute Gasteiger partial charge is 0.408 e. The molecule has 0 bridgehead atoms. The van der Waals surface area contributed by atoms with E-state index in [4.69, 9.17) is 14.6 Å². The average molecular weight is 883 g/mol. The minimum atomic E-state index is -1.33. The van der Waals surface area contributed by atoms with Crippen LogP contribution in [0.25, 0.3) is 0 Å². The molecule has 354 valence electrons. The third-order valence-corrected chi connectivity index (χ3v) is 8.64. The highest BCUT2D eigenvalue weighted by molar-refractivity contribution is 5.97. The quantitative estimate of drug-likeness (QED) is 0.0498. The molecular weight excluding hydrogens is 809 g/mol. The molecular formula is C42H74N8O12. The van der Waals surface area contributed by atoms with Gasteiger partial charge < -0.3 is 57.1 Å². The van der Waals surface area contributed by atoms with Crippen LogP contribution in [0.4, 0.5) is 9.59 Å². The molecule has 0 aliphatic heterocycles. The maximum Gasteiger partial charge on any atom is 0.408 e. The summed E-state index contributed by atoms with van der Waals surface area (Å²) in [7, 11) is 0. The van der Waals surface area contributed by atoms with Gasteiger partial charge in [0.1, 0.15) is 47.5 Å². The number of carbonyl (C=O) groups excluding carboxylic acids is 8. The van der Waals surface area contributed by atoms with Gasteiger partial charge in [0.25, 0.3) is 0 Å². The fraction of sp³-hybridized carbons (Fsp3) is 0.738. The van der Waals surface area contributed by atoms with Gasteiger partial charge in [0, 0.05) is 6.54 Å². The van der Waals surface area contributed by atoms with Crippen molar-refractivity contribution in [1.29, 1.82) is 0 Å². The number of rotatable bonds is 24. The Morgan fingerprint density at radius 3 is 1.53 bits per heavy atom. The van der Waals surface area contributed by atoms with Gasteiger partial charge in [-0.25, -0.2) is 9.59 Å². The predicted molar refractivity (Wildman–Crippen MR) is 231 cm³/mol. The maximum atomic E-state index is 13.9. The van der Waals surface area contributed by atoms with E-state index in [-0.39, 0.29) is 30.9 Å². The van der Waals surface area contributed by atoms with Gasteiger partial charge in [-0.05, 0) is 104 Å². The summed E-state index contributed by atoms with van der Waals surface area (Å²) < 4.78 is 10.6. The van der Waals surface area contributed by atoms with Crippen LogP contribution >= 0.6 is 0 Å². The van der Waals surface area contributed by atoms with Crippen molar-refractivity contribution in [3.63, 3.8) is 0 Å². The summed E-state index contributed by atoms with van der Waals surface area (Å²) >= 11 is 0. The molecule has 0 radical (unpaired) electrons. The number of carboxylic acid groups (broad SMARTS) is 1. The van der Waals surface area contributed by atoms with Gasteiger partial charge in [-0.3, -0.25) is 33.6 Å². The first-order valence-electron chi connectivity index (χ1n) is 21.0. The zero-order valence-corrected chi connectivity index (χ0v) is 39.1. The molecule has 6 atom stereocenters. The number of alkyl carbamates (subject to hydrolysis) is 2. The summed E-state index contributed by atoms with van der Waals surface area (Å²) in [6, 6.07) is -7.21. The third kappa shape index (κ3) is 23.5. The molecule has 20 nitrogen and oxygen atoms in total. The molecule has 0 aliphatic carbocycles. The molecule has 0 fully saturated rings. The third-order valence-electron chi connectivity index (χ3n) is 8.64. The van der Waals surface area contributed by atoms with Crippen molar-refractivity contribution >= 4 is 53.6 Å². The first kappa shape index (κ1) is 56.6. The zero-order valence-electron chi connectivity index (χ0n) is 39.1. The number of aliphatic carboxylic acids is 1. The standard InChI is InChI=1S/C42H74N8O12/c1-22(2)20-28(46-33(52)27(47-40(60)62-42(13,14)15)18-16-17-19-43-39(59)61-41(10,11)12)34(53)48-31(24(5)6)36(55)50-32(25(7)8)37(56)49-30(23(3)4)35(54)44-21-29(51)45-26(9)38(57)58/h22,24-28,30-32H,3,16-21H2,1-2,4-15H3,(H,43,59)(H,44,54)(H,45,51)(H,46,52)(H,47,60)(H,48,53)(H,49,56)(H,50,55)(H,57,58)/t26-,27-,28-,30-,31-,32-/m0/s1. The van der Waals surface area contributed by atoms with Gasteiger partial charge in [0.05, 0.1) is 6.54 Å². The molecule has 9 N–H and O–H groups in total. The second kappa shape index (κ2) is 26.1. The molecule has 0 aromatic heterocycles. The van der Waals surface area contributed by atoms with Crippen molar-refractivity contribution in [3.8, 4) is 0 Å². The first-order chi connectivity index (χ1) is 28.3. The minimum absolute atomic E-state index is 0.108. The number of nitrogens with one attached hydrogen (secondary N) is 8. The number of carboxylic acids is 1. The largest absolute Gasteiger partial charge is 0.480 e. The van der Waals surface area contributed by atoms with Crippen LogP contribution in [0.3, 0.4) is 0 Å². The second-order valence-electron chi connectivity index (χ2n) is 18.4. The van der Waals surface area contributed by atoms with Crippen LogP contribution in [0.1, 0.15) is 123 Å². The fourth-order valence-corrected chi connectivity index (χ4v) is 5.51. The number of ether oxygens (including phenoxy) is 2. The summed E-state index contributed by atoms with van der Waals surface area (Å²) in [6.45, 7) is 26.7. The molecule has 0 aliphatic rings. The van der Waals surface area contributed by atoms with Crippen LogP contribution in [0, 0.1) is 17.8 Å². The number of carbonyl (C=O) groups is 9. The van der Waals surface area contributed by atoms with Crippen LogP contribution < -0.4 is 42.5 Å². The van der Waals surface area contributed by atoms with E-state index in [9.17, 15) is 43.2 Å². The van der Waals surface area contributed by atoms with Crippen molar-refractivity contribution in [2.24, 2.45) is 17.8 Å². The van der Waals surface area contributed by atoms with Crippen LogP contribution in [-0.2, 0) is 43.0 Å². The lowest BCUT2D eigenvalue weighted by atomic mass is 9.97. The number of hydrogen-bond acceptors (Lipinski definition) is 11. The SMILES string of the molecule is C=C(C)[C@H](NC(=O)[C@@H](NC(=O)[C@@H](NC(=O)[C@H](CC(C)C)NC(=O)[C@H](CCCCNC(=O)OC(C)(C)C)NC(=O)OC(C)(C)C)C(C)C)C(C)C)C(=O)NCC(=O)N[C@@H](C)C(=O)O. The molecule has 0 spiro atoms. The number of hydrogen-bond donors (Lipinski definition) is 9. The Morgan fingerprint density at radius 1 is 0.581 bits per heavy atom. The lowest BCUT2D eigenvalue weighted by molar-refractivity contribution is -0.141. The number of amides is 8. The van der Waals surface area contributed by atoms with E-state index in [2.05, 4.69) is 49.1 Å². The monoisotopic (exact) mass is 883 g/mol. The molecule has 0 aromatic rings. The lowest BCUT2D eigenvalue weighted by Crippen LogP contribution is -2.61. The van der Waals surface area contributed by atoms with Crippen molar-refractivity contribution in [2.45, 2.75) is 170 Å². The van der Waals surface area contributed by atoms with E-state index >= 15 is 0 Å². The summed E-state index contributed by atoms with van der Waals surface area (Å²) in [4.78, 5) is 116. The highest BCUT2D eigenvalue weighted by Gasteiger charge is 2.35. The van der Waals surface area contributed by atoms with Crippen LogP contribution in [0.5, 0.6) is 0 Å². The van der Waals surface area contributed by atoms with Gasteiger partial charge >= 0.3 is 18.2 Å². The highest BCUT2D eigenvalue weighted by atomic mass is 16.6. The van der Waals surface area contributed by atoms with Crippen LogP contribution in [0.2, 0.25) is 0 Å². The van der Waals surface area contributed by atoms with Gasteiger partial charge in [-0.15, -0.1) is 0 Å². The van der Waals surface area contributed by atoms with Gasteiger partial charge in [-0.1, -0.05) is 48.1 Å². The Labute approximate surface area is 366 Å². The molecule has 0 heterocycles. The highest BCUT2D eigenvalue weighted by Crippen LogP contribution is 2.13. The Balaban J connectivity index is 6.07. The van der Waals surface area contributed by atoms with Crippen molar-refractivity contribution in [3.05, 3.63) is 12.2 Å². The zero-order chi connectivity index (χ0) is 48.3. The Morgan fingerprint density at radius 2 is 1.06 bits per heavy atom. The fourth-order valence-electron chi connectivity index (χ4n) is 5.51. The van der Waals surface area contributed by atoms with Crippen LogP contribution in [-0.4, -0.2) is 119 Å². The summed E-state index contributed by atoms with van der Waals surface area (Å²) in [5, 5.41) is 29.4. The van der Waals surface area contributed by atoms with Crippen LogP contribution in [0.15, 0.2) is 12.2 Å². The molecule has 0 saturated heterocycles. The second-order valence-corrected chi connectivity index (χ2v) is 18.4. The first-order valence-corrected chi connectivity index (χ1v) is 21.0. The van der Waals surface area contributed by atoms with E-state index in [0.29, 0.717) is 12.8 Å². The normalized spacial score (nSPS) is 14.5. The topological polar surface area (TPSA) is 289 Å². The van der Waals surface area contributed by atoms with Gasteiger partial charge in [-0.2, -0.15) is 0 Å². The van der Waals surface area contributed by atoms with Crippen molar-refractivity contribution in [1.82, 2.24) is 42.5 Å². The van der Waals surface area contributed by atoms with E-state index in [1.165, 1.54) is 13.8 Å².